The van der Waals surface area contributed by atoms with Gasteiger partial charge in [-0.25, -0.2) is 15.2 Å². The van der Waals surface area contributed by atoms with E-state index in [1.807, 2.05) is 32.2 Å². The molecule has 6 rings (SSSR count). The monoisotopic (exact) mass is 911 g/mol. The Morgan fingerprint density at radius 1 is 1.12 bits per heavy atom. The molecule has 3 N–H and O–H groups in total. The van der Waals surface area contributed by atoms with Gasteiger partial charge in [-0.1, -0.05) is 40.3 Å². The van der Waals surface area contributed by atoms with E-state index in [0.717, 1.165) is 57.5 Å². The number of carbonyl (C=O) groups is 5. The Balaban J connectivity index is 1.32. The van der Waals surface area contributed by atoms with Crippen molar-refractivity contribution >= 4 is 52.0 Å². The number of hydrogen-bond donors (Lipinski definition) is 3. The summed E-state index contributed by atoms with van der Waals surface area (Å²) in [5, 5.41) is 11.1. The molecule has 5 heterocycles. The lowest BCUT2D eigenvalue weighted by atomic mass is 9.84. The van der Waals surface area contributed by atoms with E-state index in [1.54, 1.807) is 30.3 Å². The molecule has 3 aromatic heterocycles. The van der Waals surface area contributed by atoms with Crippen LogP contribution < -0.4 is 16.1 Å². The van der Waals surface area contributed by atoms with Crippen LogP contribution in [0, 0.1) is 11.3 Å². The molecule has 5 amide bonds. The van der Waals surface area contributed by atoms with Crippen molar-refractivity contribution in [3.05, 3.63) is 70.8 Å². The second-order valence-corrected chi connectivity index (χ2v) is 19.1. The first-order valence-corrected chi connectivity index (χ1v) is 23.4. The Bertz CT molecular complexity index is 2380. The topological polar surface area (TPSA) is 180 Å². The van der Waals surface area contributed by atoms with Gasteiger partial charge in [0.25, 0.3) is 5.91 Å². The van der Waals surface area contributed by atoms with Crippen molar-refractivity contribution < 1.29 is 33.4 Å². The van der Waals surface area contributed by atoms with Crippen LogP contribution in [0.25, 0.3) is 33.4 Å². The maximum Gasteiger partial charge on any atom is 0.320 e. The molecule has 350 valence electrons. The number of fused-ring (bicyclic) bond motifs is 1. The summed E-state index contributed by atoms with van der Waals surface area (Å²) in [6.07, 6.45) is 5.21. The Labute approximate surface area is 386 Å². The number of hydrazine groups is 1. The van der Waals surface area contributed by atoms with E-state index in [9.17, 15) is 24.0 Å². The Hall–Kier alpha value is -5.65. The molecule has 4 aromatic rings. The van der Waals surface area contributed by atoms with Gasteiger partial charge < -0.3 is 34.5 Å². The van der Waals surface area contributed by atoms with Crippen molar-refractivity contribution in [2.75, 3.05) is 46.9 Å². The van der Waals surface area contributed by atoms with Crippen molar-refractivity contribution in [2.45, 2.75) is 105 Å². The van der Waals surface area contributed by atoms with Gasteiger partial charge in [-0.05, 0) is 74.9 Å². The number of amides is 5. The van der Waals surface area contributed by atoms with Gasteiger partial charge in [0.15, 0.2) is 0 Å². The quantitative estimate of drug-likeness (QED) is 0.0804. The van der Waals surface area contributed by atoms with Crippen molar-refractivity contribution in [1.29, 1.82) is 0 Å². The predicted molar refractivity (Wildman–Crippen MR) is 252 cm³/mol. The number of carbonyl (C=O) groups excluding carboxylic acids is 5. The smallest absolute Gasteiger partial charge is 0.320 e. The lowest BCUT2D eigenvalue weighted by Crippen LogP contribution is -2.65. The molecule has 65 heavy (non-hydrogen) atoms. The minimum atomic E-state index is -0.961. The molecule has 2 aliphatic rings. The van der Waals surface area contributed by atoms with Gasteiger partial charge in [-0.2, -0.15) is 0 Å². The summed E-state index contributed by atoms with van der Waals surface area (Å²) in [7, 11) is 3.27. The molecule has 0 spiro atoms. The molecule has 2 saturated heterocycles. The maximum atomic E-state index is 14.2. The minimum absolute atomic E-state index is 0.141. The SMILES string of the molecule is C=CC(=O)NC1CN(C(=O)N(C)[C@H](C(=O)N[C@@H](Cc2nc(-c3ccc4c(c3)c(CC(C)(C)COC(C)=O)c(-c3cccnc3[C@H](C)OC)n4CC)cs2)C(=O)N2CCCCN2)C(C)C)C1. The number of esters is 1. The molecule has 0 radical (unpaired) electrons. The number of urea groups is 1. The standard InChI is InChI=1S/C48H65N9O7S/c1-11-40(59)51-33-25-55(26-33)47(62)54(9)43(29(3)4)45(60)53-37(46(61)57-21-14-13-20-50-57)23-41-52-38(27-65-41)32-17-18-39-35(22-32)36(24-48(7,8)28-64-31(6)58)44(56(39)12-2)34-16-15-19-49-42(34)30(5)63-10/h11,15-19,22,27,29-30,33,37,43,50H,1,12-14,20-21,23-26,28H2,2-10H3,(H,51,59)(H,53,60)/t30-,37-,43-/m0/s1. The number of hydrogen-bond acceptors (Lipinski definition) is 11. The van der Waals surface area contributed by atoms with Crippen LogP contribution in [-0.2, 0) is 48.0 Å². The van der Waals surface area contributed by atoms with E-state index in [0.29, 0.717) is 44.2 Å². The summed E-state index contributed by atoms with van der Waals surface area (Å²) in [5.74, 6) is -1.63. The van der Waals surface area contributed by atoms with Gasteiger partial charge in [0.1, 0.15) is 12.1 Å². The lowest BCUT2D eigenvalue weighted by Gasteiger charge is -2.43. The Morgan fingerprint density at radius 2 is 1.88 bits per heavy atom. The van der Waals surface area contributed by atoms with Gasteiger partial charge in [0, 0.05) is 99.2 Å². The highest BCUT2D eigenvalue weighted by Gasteiger charge is 2.39. The number of ether oxygens (including phenoxy) is 2. The number of benzene rings is 1. The van der Waals surface area contributed by atoms with E-state index in [-0.39, 0.29) is 54.9 Å². The molecular weight excluding hydrogens is 847 g/mol. The molecule has 3 atom stereocenters. The fraction of sp³-hybridized carbons (Fsp3) is 0.521. The van der Waals surface area contributed by atoms with Gasteiger partial charge in [0.2, 0.25) is 11.8 Å². The largest absolute Gasteiger partial charge is 0.465 e. The number of likely N-dealkylation sites (tertiary alicyclic amines) is 1. The average Bonchev–Trinajstić information content (AvgIpc) is 3.87. The second kappa shape index (κ2) is 21.1. The molecule has 1 aromatic carbocycles. The Morgan fingerprint density at radius 3 is 2.52 bits per heavy atom. The van der Waals surface area contributed by atoms with E-state index < -0.39 is 23.4 Å². The summed E-state index contributed by atoms with van der Waals surface area (Å²) in [5.41, 5.74) is 9.35. The molecule has 2 fully saturated rings. The van der Waals surface area contributed by atoms with Crippen molar-refractivity contribution in [3.63, 3.8) is 0 Å². The third kappa shape index (κ3) is 11.2. The third-order valence-electron chi connectivity index (χ3n) is 12.2. The van der Waals surface area contributed by atoms with Crippen LogP contribution in [0.2, 0.25) is 0 Å². The zero-order valence-corrected chi connectivity index (χ0v) is 40.0. The number of thiazole rings is 1. The van der Waals surface area contributed by atoms with Crippen molar-refractivity contribution in [3.8, 4) is 22.5 Å². The summed E-state index contributed by atoms with van der Waals surface area (Å²) >= 11 is 1.42. The van der Waals surface area contributed by atoms with Crippen LogP contribution in [-0.4, -0.2) is 124 Å². The third-order valence-corrected chi connectivity index (χ3v) is 13.0. The second-order valence-electron chi connectivity index (χ2n) is 18.1. The van der Waals surface area contributed by atoms with Crippen LogP contribution in [0.1, 0.15) is 83.7 Å². The molecule has 0 aliphatic carbocycles. The number of nitrogens with one attached hydrogen (secondary N) is 3. The van der Waals surface area contributed by atoms with Crippen LogP contribution >= 0.6 is 11.3 Å². The first-order chi connectivity index (χ1) is 31.0. The number of aromatic nitrogens is 3. The van der Waals surface area contributed by atoms with Crippen LogP contribution in [0.4, 0.5) is 4.79 Å². The average molecular weight is 912 g/mol. The zero-order valence-electron chi connectivity index (χ0n) is 39.2. The maximum absolute atomic E-state index is 14.2. The minimum Gasteiger partial charge on any atom is -0.465 e. The van der Waals surface area contributed by atoms with Crippen LogP contribution in [0.15, 0.2) is 54.6 Å². The van der Waals surface area contributed by atoms with E-state index >= 15 is 0 Å². The van der Waals surface area contributed by atoms with Crippen molar-refractivity contribution in [2.24, 2.45) is 11.3 Å². The number of rotatable bonds is 18. The molecule has 16 nitrogen and oxygen atoms in total. The van der Waals surface area contributed by atoms with E-state index in [4.69, 9.17) is 19.4 Å². The molecule has 0 bridgehead atoms. The molecule has 2 aliphatic heterocycles. The number of nitrogens with zero attached hydrogens (tertiary/aromatic N) is 6. The van der Waals surface area contributed by atoms with Crippen molar-refractivity contribution in [1.82, 2.24) is 45.4 Å². The van der Waals surface area contributed by atoms with E-state index in [1.165, 1.54) is 29.2 Å². The summed E-state index contributed by atoms with van der Waals surface area (Å²) in [6.45, 7) is 19.6. The fourth-order valence-corrected chi connectivity index (χ4v) is 9.62. The number of likely N-dealkylation sites (N-methyl/N-ethyl adjacent to an activating group) is 1. The molecule has 17 heteroatoms. The lowest BCUT2D eigenvalue weighted by molar-refractivity contribution is -0.144. The number of aryl methyl sites for hydroxylation is 1. The van der Waals surface area contributed by atoms with Gasteiger partial charge in [-0.3, -0.25) is 29.2 Å². The zero-order chi connectivity index (χ0) is 47.2. The number of methoxy groups -OCH3 is 1. The molecule has 0 saturated carbocycles. The first kappa shape index (κ1) is 48.8. The molecular formula is C48H65N9O7S. The highest BCUT2D eigenvalue weighted by atomic mass is 32.1. The predicted octanol–water partition coefficient (Wildman–Crippen LogP) is 5.90. The van der Waals surface area contributed by atoms with Gasteiger partial charge in [0.05, 0.1) is 40.8 Å². The first-order valence-electron chi connectivity index (χ1n) is 22.5. The van der Waals surface area contributed by atoms with Gasteiger partial charge in [-0.15, -0.1) is 11.3 Å². The Kier molecular flexibility index (Phi) is 15.8. The van der Waals surface area contributed by atoms with Crippen LogP contribution in [0.3, 0.4) is 0 Å². The molecule has 0 unspecified atom stereocenters. The summed E-state index contributed by atoms with van der Waals surface area (Å²) in [6, 6.07) is 7.99. The van der Waals surface area contributed by atoms with Gasteiger partial charge >= 0.3 is 12.0 Å². The normalized spacial score (nSPS) is 15.8. The number of pyridine rings is 1. The van der Waals surface area contributed by atoms with Crippen LogP contribution in [0.5, 0.6) is 0 Å². The summed E-state index contributed by atoms with van der Waals surface area (Å²) < 4.78 is 13.6. The fourth-order valence-electron chi connectivity index (χ4n) is 8.77. The van der Waals surface area contributed by atoms with E-state index in [2.05, 4.69) is 72.2 Å². The highest BCUT2D eigenvalue weighted by Crippen LogP contribution is 2.42. The summed E-state index contributed by atoms with van der Waals surface area (Å²) in [4.78, 5) is 78.6. The highest BCUT2D eigenvalue weighted by molar-refractivity contribution is 7.10.